The van der Waals surface area contributed by atoms with Gasteiger partial charge in [0.25, 0.3) is 0 Å². The summed E-state index contributed by atoms with van der Waals surface area (Å²) in [7, 11) is 0. The van der Waals surface area contributed by atoms with Crippen molar-refractivity contribution in [2.24, 2.45) is 0 Å². The molecule has 0 aliphatic carbocycles. The van der Waals surface area contributed by atoms with Crippen LogP contribution >= 0.6 is 0 Å². The van der Waals surface area contributed by atoms with Gasteiger partial charge in [0.2, 0.25) is 0 Å². The van der Waals surface area contributed by atoms with Crippen molar-refractivity contribution in [1.82, 2.24) is 9.55 Å². The molecule has 4 heteroatoms. The van der Waals surface area contributed by atoms with E-state index in [0.717, 1.165) is 28.5 Å². The van der Waals surface area contributed by atoms with E-state index >= 15 is 0 Å². The number of aromatic nitrogens is 2. The average molecular weight is 292 g/mol. The molecule has 1 N–H and O–H groups in total. The molecule has 0 saturated heterocycles. The summed E-state index contributed by atoms with van der Waals surface area (Å²) >= 11 is 0. The standard InChI is InChI=1S/C18H16N2O2/c1-12-6-7-13(2)20(12)17-5-3-4-16(19-17)14-8-10-15(11-9-14)18(21)22/h3-11H,1-2H3,(H,21,22). The topological polar surface area (TPSA) is 55.1 Å². The van der Waals surface area contributed by atoms with Crippen LogP contribution in [0.2, 0.25) is 0 Å². The van der Waals surface area contributed by atoms with Gasteiger partial charge in [0.1, 0.15) is 5.82 Å². The summed E-state index contributed by atoms with van der Waals surface area (Å²) in [5.41, 5.74) is 4.25. The summed E-state index contributed by atoms with van der Waals surface area (Å²) in [6.07, 6.45) is 0. The van der Waals surface area contributed by atoms with Gasteiger partial charge in [-0.1, -0.05) is 18.2 Å². The number of hydrogen-bond acceptors (Lipinski definition) is 2. The number of aromatic carboxylic acids is 1. The van der Waals surface area contributed by atoms with Gasteiger partial charge in [0.05, 0.1) is 11.3 Å². The van der Waals surface area contributed by atoms with Crippen LogP contribution < -0.4 is 0 Å². The second-order valence-electron chi connectivity index (χ2n) is 5.22. The molecule has 2 aromatic heterocycles. The highest BCUT2D eigenvalue weighted by Gasteiger charge is 2.08. The van der Waals surface area contributed by atoms with Crippen molar-refractivity contribution in [3.63, 3.8) is 0 Å². The van der Waals surface area contributed by atoms with Gasteiger partial charge in [0.15, 0.2) is 0 Å². The lowest BCUT2D eigenvalue weighted by atomic mass is 10.1. The summed E-state index contributed by atoms with van der Waals surface area (Å²) in [5.74, 6) is -0.0633. The zero-order valence-electron chi connectivity index (χ0n) is 12.4. The number of carboxylic acid groups (broad SMARTS) is 1. The highest BCUT2D eigenvalue weighted by Crippen LogP contribution is 2.21. The van der Waals surface area contributed by atoms with Crippen LogP contribution in [0.5, 0.6) is 0 Å². The molecule has 4 nitrogen and oxygen atoms in total. The van der Waals surface area contributed by atoms with Gasteiger partial charge in [-0.15, -0.1) is 0 Å². The molecular weight excluding hydrogens is 276 g/mol. The van der Waals surface area contributed by atoms with Crippen molar-refractivity contribution in [3.05, 3.63) is 71.5 Å². The van der Waals surface area contributed by atoms with E-state index in [2.05, 4.69) is 16.7 Å². The monoisotopic (exact) mass is 292 g/mol. The molecule has 1 aromatic carbocycles. The minimum Gasteiger partial charge on any atom is -0.478 e. The molecule has 2 heterocycles. The van der Waals surface area contributed by atoms with E-state index in [-0.39, 0.29) is 5.56 Å². The summed E-state index contributed by atoms with van der Waals surface area (Å²) in [5, 5.41) is 8.96. The van der Waals surface area contributed by atoms with Crippen LogP contribution in [0.25, 0.3) is 17.1 Å². The molecule has 3 rings (SSSR count). The summed E-state index contributed by atoms with van der Waals surface area (Å²) in [4.78, 5) is 15.6. The van der Waals surface area contributed by atoms with Gasteiger partial charge in [-0.25, -0.2) is 9.78 Å². The van der Waals surface area contributed by atoms with E-state index in [1.165, 1.54) is 0 Å². The second-order valence-corrected chi connectivity index (χ2v) is 5.22. The predicted molar refractivity (Wildman–Crippen MR) is 85.4 cm³/mol. The Balaban J connectivity index is 2.03. The van der Waals surface area contributed by atoms with Crippen molar-refractivity contribution < 1.29 is 9.90 Å². The molecule has 110 valence electrons. The quantitative estimate of drug-likeness (QED) is 0.797. The number of carboxylic acids is 1. The lowest BCUT2D eigenvalue weighted by Crippen LogP contribution is -2.02. The smallest absolute Gasteiger partial charge is 0.335 e. The summed E-state index contributed by atoms with van der Waals surface area (Å²) in [6.45, 7) is 4.09. The first-order valence-electron chi connectivity index (χ1n) is 7.02. The van der Waals surface area contributed by atoms with Crippen LogP contribution in [0.1, 0.15) is 21.7 Å². The Morgan fingerprint density at radius 3 is 2.18 bits per heavy atom. The van der Waals surface area contributed by atoms with Gasteiger partial charge < -0.3 is 9.67 Å². The molecule has 0 unspecified atom stereocenters. The van der Waals surface area contributed by atoms with Crippen LogP contribution in [0, 0.1) is 13.8 Å². The van der Waals surface area contributed by atoms with E-state index in [0.29, 0.717) is 0 Å². The van der Waals surface area contributed by atoms with Gasteiger partial charge in [-0.05, 0) is 50.2 Å². The molecule has 0 spiro atoms. The van der Waals surface area contributed by atoms with Crippen molar-refractivity contribution in [2.45, 2.75) is 13.8 Å². The maximum absolute atomic E-state index is 10.9. The van der Waals surface area contributed by atoms with E-state index in [1.807, 2.05) is 32.0 Å². The van der Waals surface area contributed by atoms with Crippen LogP contribution in [0.3, 0.4) is 0 Å². The van der Waals surface area contributed by atoms with Gasteiger partial charge >= 0.3 is 5.97 Å². The molecule has 0 atom stereocenters. The van der Waals surface area contributed by atoms with Gasteiger partial charge in [0, 0.05) is 17.0 Å². The van der Waals surface area contributed by atoms with Crippen molar-refractivity contribution >= 4 is 5.97 Å². The molecule has 0 bridgehead atoms. The SMILES string of the molecule is Cc1ccc(C)n1-c1cccc(-c2ccc(C(=O)O)cc2)n1. The number of hydrogen-bond donors (Lipinski definition) is 1. The molecule has 0 fully saturated rings. The van der Waals surface area contributed by atoms with Crippen molar-refractivity contribution in [2.75, 3.05) is 0 Å². The Labute approximate surface area is 128 Å². The molecule has 22 heavy (non-hydrogen) atoms. The maximum Gasteiger partial charge on any atom is 0.335 e. The maximum atomic E-state index is 10.9. The first-order valence-corrected chi connectivity index (χ1v) is 7.02. The molecule has 0 saturated carbocycles. The Bertz CT molecular complexity index is 813. The van der Waals surface area contributed by atoms with E-state index < -0.39 is 5.97 Å². The Hall–Kier alpha value is -2.88. The Morgan fingerprint density at radius 1 is 0.955 bits per heavy atom. The zero-order chi connectivity index (χ0) is 15.7. The average Bonchev–Trinajstić information content (AvgIpc) is 2.86. The number of benzene rings is 1. The van der Waals surface area contributed by atoms with Gasteiger partial charge in [-0.2, -0.15) is 0 Å². The summed E-state index contributed by atoms with van der Waals surface area (Å²) in [6, 6.07) is 16.7. The molecule has 0 aliphatic rings. The summed E-state index contributed by atoms with van der Waals surface area (Å²) < 4.78 is 2.09. The third kappa shape index (κ3) is 2.51. The number of rotatable bonds is 3. The fourth-order valence-electron chi connectivity index (χ4n) is 2.52. The predicted octanol–water partition coefficient (Wildman–Crippen LogP) is 3.85. The molecule has 0 aliphatic heterocycles. The number of carbonyl (C=O) groups is 1. The first-order chi connectivity index (χ1) is 10.6. The van der Waals surface area contributed by atoms with Gasteiger partial charge in [-0.3, -0.25) is 0 Å². The highest BCUT2D eigenvalue weighted by atomic mass is 16.4. The molecule has 0 amide bonds. The minimum atomic E-state index is -0.924. The van der Waals surface area contributed by atoms with E-state index in [4.69, 9.17) is 10.1 Å². The van der Waals surface area contributed by atoms with E-state index in [1.54, 1.807) is 24.3 Å². The van der Waals surface area contributed by atoms with Crippen molar-refractivity contribution in [3.8, 4) is 17.1 Å². The molecule has 3 aromatic rings. The fourth-order valence-corrected chi connectivity index (χ4v) is 2.52. The number of nitrogens with zero attached hydrogens (tertiary/aromatic N) is 2. The van der Waals surface area contributed by atoms with Crippen molar-refractivity contribution in [1.29, 1.82) is 0 Å². The highest BCUT2D eigenvalue weighted by molar-refractivity contribution is 5.88. The third-order valence-electron chi connectivity index (χ3n) is 3.66. The lowest BCUT2D eigenvalue weighted by molar-refractivity contribution is 0.0697. The number of pyridine rings is 1. The Morgan fingerprint density at radius 2 is 1.59 bits per heavy atom. The van der Waals surface area contributed by atoms with E-state index in [9.17, 15) is 4.79 Å². The second kappa shape index (κ2) is 5.48. The lowest BCUT2D eigenvalue weighted by Gasteiger charge is -2.10. The fraction of sp³-hybridized carbons (Fsp3) is 0.111. The van der Waals surface area contributed by atoms with Crippen LogP contribution in [-0.2, 0) is 0 Å². The van der Waals surface area contributed by atoms with Crippen LogP contribution in [-0.4, -0.2) is 20.6 Å². The normalized spacial score (nSPS) is 10.6. The van der Waals surface area contributed by atoms with Crippen LogP contribution in [0.15, 0.2) is 54.6 Å². The molecule has 0 radical (unpaired) electrons. The zero-order valence-corrected chi connectivity index (χ0v) is 12.4. The number of aryl methyl sites for hydroxylation is 2. The minimum absolute atomic E-state index is 0.275. The Kier molecular flexibility index (Phi) is 3.51. The third-order valence-corrected chi connectivity index (χ3v) is 3.66. The van der Waals surface area contributed by atoms with Crippen LogP contribution in [0.4, 0.5) is 0 Å². The first kappa shape index (κ1) is 14.1. The molecular formula is C18H16N2O2. The largest absolute Gasteiger partial charge is 0.478 e.